The van der Waals surface area contributed by atoms with E-state index in [0.29, 0.717) is 6.54 Å². The maximum atomic E-state index is 13.9. The Labute approximate surface area is 124 Å². The lowest BCUT2D eigenvalue weighted by Crippen LogP contribution is -2.34. The Morgan fingerprint density at radius 2 is 2.05 bits per heavy atom. The van der Waals surface area contributed by atoms with Gasteiger partial charge in [0.15, 0.2) is 0 Å². The molecule has 0 radical (unpaired) electrons. The van der Waals surface area contributed by atoms with Gasteiger partial charge in [-0.15, -0.1) is 0 Å². The smallest absolute Gasteiger partial charge is 0.254 e. The summed E-state index contributed by atoms with van der Waals surface area (Å²) in [4.78, 5) is 13.8. The molecule has 0 unspecified atom stereocenters. The highest BCUT2D eigenvalue weighted by molar-refractivity contribution is 7.89. The Morgan fingerprint density at radius 3 is 2.52 bits per heavy atom. The van der Waals surface area contributed by atoms with Gasteiger partial charge < -0.3 is 4.90 Å². The summed E-state index contributed by atoms with van der Waals surface area (Å²) in [6.07, 6.45) is 2.66. The van der Waals surface area contributed by atoms with Gasteiger partial charge in [-0.1, -0.05) is 6.92 Å². The van der Waals surface area contributed by atoms with Gasteiger partial charge in [0.1, 0.15) is 5.82 Å². The van der Waals surface area contributed by atoms with Gasteiger partial charge in [0, 0.05) is 23.7 Å². The zero-order valence-corrected chi connectivity index (χ0v) is 12.9. The third kappa shape index (κ3) is 3.41. The molecule has 0 saturated heterocycles. The lowest BCUT2D eigenvalue weighted by Gasteiger charge is -2.22. The number of carbonyl (C=O) groups excluding carboxylic acids is 1. The predicted molar refractivity (Wildman–Crippen MR) is 76.9 cm³/mol. The first-order valence-corrected chi connectivity index (χ1v) is 8.44. The molecule has 2 rings (SSSR count). The average molecular weight is 314 g/mol. The Balaban J connectivity index is 2.44. The van der Waals surface area contributed by atoms with Crippen molar-refractivity contribution in [3.8, 4) is 0 Å². The van der Waals surface area contributed by atoms with Gasteiger partial charge in [-0.25, -0.2) is 17.9 Å². The largest absolute Gasteiger partial charge is 0.336 e. The van der Waals surface area contributed by atoms with Crippen molar-refractivity contribution in [2.75, 3.05) is 6.54 Å². The molecule has 0 aromatic heterocycles. The van der Waals surface area contributed by atoms with Crippen molar-refractivity contribution in [1.82, 2.24) is 4.90 Å². The van der Waals surface area contributed by atoms with Crippen LogP contribution < -0.4 is 5.14 Å². The molecule has 1 saturated carbocycles. The molecule has 21 heavy (non-hydrogen) atoms. The summed E-state index contributed by atoms with van der Waals surface area (Å²) < 4.78 is 36.9. The van der Waals surface area contributed by atoms with Crippen molar-refractivity contribution in [1.29, 1.82) is 0 Å². The summed E-state index contributed by atoms with van der Waals surface area (Å²) in [5.74, 6) is -1.08. The number of rotatable bonds is 5. The molecule has 0 heterocycles. The van der Waals surface area contributed by atoms with Gasteiger partial charge in [0.2, 0.25) is 10.0 Å². The van der Waals surface area contributed by atoms with E-state index < -0.39 is 15.8 Å². The first-order valence-electron chi connectivity index (χ1n) is 6.89. The minimum Gasteiger partial charge on any atom is -0.336 e. The lowest BCUT2D eigenvalue weighted by molar-refractivity contribution is 0.0742. The fourth-order valence-electron chi connectivity index (χ4n) is 2.32. The third-order valence-electron chi connectivity index (χ3n) is 3.56. The quantitative estimate of drug-likeness (QED) is 0.900. The molecule has 0 bridgehead atoms. The monoisotopic (exact) mass is 314 g/mol. The number of carbonyl (C=O) groups is 1. The molecule has 116 valence electrons. The number of nitrogens with two attached hydrogens (primary N) is 1. The molecular weight excluding hydrogens is 295 g/mol. The number of hydrogen-bond acceptors (Lipinski definition) is 3. The van der Waals surface area contributed by atoms with Crippen LogP contribution in [0.4, 0.5) is 4.39 Å². The van der Waals surface area contributed by atoms with Crippen LogP contribution in [0.2, 0.25) is 0 Å². The van der Waals surface area contributed by atoms with Crippen LogP contribution in [0, 0.1) is 12.7 Å². The number of benzene rings is 1. The number of nitrogens with zero attached hydrogens (tertiary/aromatic N) is 1. The van der Waals surface area contributed by atoms with Crippen LogP contribution in [0.1, 0.15) is 42.1 Å². The zero-order valence-electron chi connectivity index (χ0n) is 12.1. The minimum absolute atomic E-state index is 0.0301. The number of halogens is 1. The topological polar surface area (TPSA) is 80.5 Å². The molecule has 0 spiro atoms. The summed E-state index contributed by atoms with van der Waals surface area (Å²) in [6, 6.07) is 2.43. The van der Waals surface area contributed by atoms with Gasteiger partial charge in [0.05, 0.1) is 4.90 Å². The van der Waals surface area contributed by atoms with Gasteiger partial charge >= 0.3 is 0 Å². The van der Waals surface area contributed by atoms with Crippen LogP contribution in [-0.4, -0.2) is 31.8 Å². The molecule has 1 aliphatic rings. The molecule has 0 aliphatic heterocycles. The summed E-state index contributed by atoms with van der Waals surface area (Å²) in [5, 5.41) is 5.08. The standard InChI is InChI=1S/C14H19FN2O3S/c1-3-6-17(11-4-5-11)14(18)10-7-12(15)9(2)13(8-10)21(16,19)20/h7-8,11H,3-6H2,1-2H3,(H2,16,19,20). The van der Waals surface area contributed by atoms with E-state index in [0.717, 1.165) is 25.3 Å². The highest BCUT2D eigenvalue weighted by Gasteiger charge is 2.33. The molecule has 7 heteroatoms. The summed E-state index contributed by atoms with van der Waals surface area (Å²) in [6.45, 7) is 3.85. The molecule has 5 nitrogen and oxygen atoms in total. The van der Waals surface area contributed by atoms with E-state index in [4.69, 9.17) is 5.14 Å². The maximum Gasteiger partial charge on any atom is 0.254 e. The highest BCUT2D eigenvalue weighted by atomic mass is 32.2. The van der Waals surface area contributed by atoms with Crippen LogP contribution in [0.5, 0.6) is 0 Å². The Morgan fingerprint density at radius 1 is 1.43 bits per heavy atom. The van der Waals surface area contributed by atoms with Gasteiger partial charge in [0.25, 0.3) is 5.91 Å². The normalized spacial score (nSPS) is 15.0. The fourth-order valence-corrected chi connectivity index (χ4v) is 3.13. The van der Waals surface area contributed by atoms with Crippen LogP contribution >= 0.6 is 0 Å². The second-order valence-electron chi connectivity index (χ2n) is 5.36. The van der Waals surface area contributed by atoms with Crippen LogP contribution in [0.25, 0.3) is 0 Å². The van der Waals surface area contributed by atoms with E-state index in [9.17, 15) is 17.6 Å². The van der Waals surface area contributed by atoms with E-state index in [1.54, 1.807) is 4.90 Å². The molecule has 1 aliphatic carbocycles. The number of hydrogen-bond donors (Lipinski definition) is 1. The average Bonchev–Trinajstić information content (AvgIpc) is 3.21. The molecule has 2 N–H and O–H groups in total. The van der Waals surface area contributed by atoms with E-state index in [1.807, 2.05) is 6.92 Å². The van der Waals surface area contributed by atoms with Crippen molar-refractivity contribution in [3.63, 3.8) is 0 Å². The van der Waals surface area contributed by atoms with E-state index in [1.165, 1.54) is 13.0 Å². The summed E-state index contributed by atoms with van der Waals surface area (Å²) in [5.41, 5.74) is -0.0370. The lowest BCUT2D eigenvalue weighted by atomic mass is 10.1. The molecule has 1 aromatic rings. The van der Waals surface area contributed by atoms with Gasteiger partial charge in [-0.05, 0) is 38.3 Å². The Bertz CT molecular complexity index is 669. The second kappa shape index (κ2) is 5.73. The molecule has 1 amide bonds. The number of sulfonamides is 1. The first-order chi connectivity index (χ1) is 9.75. The van der Waals surface area contributed by atoms with Gasteiger partial charge in [-0.2, -0.15) is 0 Å². The number of primary sulfonamides is 1. The Hall–Kier alpha value is -1.47. The third-order valence-corrected chi connectivity index (χ3v) is 4.60. The molecular formula is C14H19FN2O3S. The SMILES string of the molecule is CCCN(C(=O)c1cc(F)c(C)c(S(N)(=O)=O)c1)C1CC1. The van der Waals surface area contributed by atoms with Crippen molar-refractivity contribution in [3.05, 3.63) is 29.1 Å². The van der Waals surface area contributed by atoms with Crippen LogP contribution in [-0.2, 0) is 10.0 Å². The summed E-state index contributed by atoms with van der Waals surface area (Å²) in [7, 11) is -4.07. The number of amides is 1. The van der Waals surface area contributed by atoms with Crippen LogP contribution in [0.3, 0.4) is 0 Å². The zero-order chi connectivity index (χ0) is 15.8. The van der Waals surface area contributed by atoms with Crippen molar-refractivity contribution >= 4 is 15.9 Å². The van der Waals surface area contributed by atoms with Crippen molar-refractivity contribution < 1.29 is 17.6 Å². The fraction of sp³-hybridized carbons (Fsp3) is 0.500. The maximum absolute atomic E-state index is 13.9. The van der Waals surface area contributed by atoms with Crippen molar-refractivity contribution in [2.45, 2.75) is 44.0 Å². The predicted octanol–water partition coefficient (Wildman–Crippen LogP) is 1.80. The Kier molecular flexibility index (Phi) is 4.34. The van der Waals surface area contributed by atoms with E-state index in [2.05, 4.69) is 0 Å². The van der Waals surface area contributed by atoms with E-state index in [-0.39, 0.29) is 28.0 Å². The summed E-state index contributed by atoms with van der Waals surface area (Å²) >= 11 is 0. The highest BCUT2D eigenvalue weighted by Crippen LogP contribution is 2.29. The molecule has 1 fully saturated rings. The van der Waals surface area contributed by atoms with Crippen LogP contribution in [0.15, 0.2) is 17.0 Å². The molecule has 0 atom stereocenters. The minimum atomic E-state index is -4.07. The van der Waals surface area contributed by atoms with Gasteiger partial charge in [-0.3, -0.25) is 4.79 Å². The first kappa shape index (κ1) is 15.9. The van der Waals surface area contributed by atoms with E-state index >= 15 is 0 Å². The van der Waals surface area contributed by atoms with Crippen molar-refractivity contribution in [2.24, 2.45) is 5.14 Å². The second-order valence-corrected chi connectivity index (χ2v) is 6.89. The molecule has 1 aromatic carbocycles.